The van der Waals surface area contributed by atoms with E-state index in [2.05, 4.69) is 229 Å². The van der Waals surface area contributed by atoms with E-state index in [1.807, 2.05) is 11.3 Å². The van der Waals surface area contributed by atoms with Crippen molar-refractivity contribution in [1.82, 2.24) is 0 Å². The number of rotatable bonds is 8. The smallest absolute Gasteiger partial charge is 0.0468 e. The predicted molar refractivity (Wildman–Crippen MR) is 241 cm³/mol. The molecule has 0 aliphatic heterocycles. The Hall–Kier alpha value is -7.00. The number of anilines is 3. The van der Waals surface area contributed by atoms with Gasteiger partial charge in [0.05, 0.1) is 0 Å². The minimum atomic E-state index is 1.09. The van der Waals surface area contributed by atoms with Gasteiger partial charge in [-0.15, -0.1) is 11.3 Å². The SMILES string of the molecule is c1ccc(-c2ccc(N(c3ccc(-c4ccccc4-c4cccc5c4sc4ccccc45)cc3)c3ccc(-c4ccccc4)c(-c4ccccc4)c3)cc2)cc1. The molecular formula is C54H37NS. The van der Waals surface area contributed by atoms with Crippen molar-refractivity contribution in [3.05, 3.63) is 224 Å². The summed E-state index contributed by atoms with van der Waals surface area (Å²) in [4.78, 5) is 2.38. The van der Waals surface area contributed by atoms with Crippen LogP contribution in [-0.2, 0) is 0 Å². The molecule has 0 spiro atoms. The summed E-state index contributed by atoms with van der Waals surface area (Å²) < 4.78 is 2.65. The normalized spacial score (nSPS) is 11.2. The monoisotopic (exact) mass is 731 g/mol. The van der Waals surface area contributed by atoms with E-state index in [9.17, 15) is 0 Å². The van der Waals surface area contributed by atoms with Gasteiger partial charge < -0.3 is 4.90 Å². The molecule has 0 bridgehead atoms. The second-order valence-corrected chi connectivity index (χ2v) is 15.1. The zero-order valence-electron chi connectivity index (χ0n) is 30.7. The van der Waals surface area contributed by atoms with Crippen molar-refractivity contribution < 1.29 is 0 Å². The Labute approximate surface area is 332 Å². The lowest BCUT2D eigenvalue weighted by molar-refractivity contribution is 1.28. The molecule has 56 heavy (non-hydrogen) atoms. The number of hydrogen-bond donors (Lipinski definition) is 0. The Morgan fingerprint density at radius 2 is 0.714 bits per heavy atom. The summed E-state index contributed by atoms with van der Waals surface area (Å²) in [6.07, 6.45) is 0. The molecular weight excluding hydrogens is 695 g/mol. The van der Waals surface area contributed by atoms with Crippen LogP contribution in [0.5, 0.6) is 0 Å². The van der Waals surface area contributed by atoms with Crippen LogP contribution in [0.4, 0.5) is 17.1 Å². The van der Waals surface area contributed by atoms with Gasteiger partial charge in [-0.25, -0.2) is 0 Å². The summed E-state index contributed by atoms with van der Waals surface area (Å²) >= 11 is 1.88. The number of nitrogens with zero attached hydrogens (tertiary/aromatic N) is 1. The van der Waals surface area contributed by atoms with Crippen LogP contribution < -0.4 is 4.90 Å². The van der Waals surface area contributed by atoms with E-state index >= 15 is 0 Å². The first-order chi connectivity index (χ1) is 27.8. The first kappa shape index (κ1) is 33.6. The van der Waals surface area contributed by atoms with E-state index in [4.69, 9.17) is 0 Å². The minimum Gasteiger partial charge on any atom is -0.310 e. The van der Waals surface area contributed by atoms with Crippen molar-refractivity contribution in [2.24, 2.45) is 0 Å². The van der Waals surface area contributed by atoms with Crippen LogP contribution >= 0.6 is 11.3 Å². The molecule has 0 amide bonds. The zero-order chi connectivity index (χ0) is 37.3. The van der Waals surface area contributed by atoms with Crippen LogP contribution in [-0.4, -0.2) is 0 Å². The fourth-order valence-electron chi connectivity index (χ4n) is 8.00. The van der Waals surface area contributed by atoms with Crippen molar-refractivity contribution in [3.8, 4) is 55.6 Å². The molecule has 0 saturated carbocycles. The molecule has 2 heteroatoms. The van der Waals surface area contributed by atoms with Crippen molar-refractivity contribution in [2.45, 2.75) is 0 Å². The maximum absolute atomic E-state index is 2.38. The Morgan fingerprint density at radius 3 is 1.39 bits per heavy atom. The van der Waals surface area contributed by atoms with Crippen LogP contribution in [0.25, 0.3) is 75.8 Å². The van der Waals surface area contributed by atoms with Crippen molar-refractivity contribution in [3.63, 3.8) is 0 Å². The van der Waals surface area contributed by atoms with Crippen molar-refractivity contribution in [2.75, 3.05) is 4.90 Å². The fourth-order valence-corrected chi connectivity index (χ4v) is 9.23. The zero-order valence-corrected chi connectivity index (χ0v) is 31.5. The second-order valence-electron chi connectivity index (χ2n) is 14.1. The summed E-state index contributed by atoms with van der Waals surface area (Å²) in [5, 5.41) is 2.63. The van der Waals surface area contributed by atoms with E-state index < -0.39 is 0 Å². The molecule has 1 heterocycles. The maximum atomic E-state index is 2.38. The van der Waals surface area contributed by atoms with Gasteiger partial charge in [-0.2, -0.15) is 0 Å². The van der Waals surface area contributed by atoms with Crippen LogP contribution in [0.1, 0.15) is 0 Å². The van der Waals surface area contributed by atoms with Gasteiger partial charge in [-0.1, -0.05) is 182 Å². The molecule has 0 aliphatic carbocycles. The lowest BCUT2D eigenvalue weighted by atomic mass is 9.93. The second kappa shape index (κ2) is 14.7. The molecule has 9 aromatic carbocycles. The Bertz CT molecular complexity index is 2930. The summed E-state index contributed by atoms with van der Waals surface area (Å²) in [7, 11) is 0. The summed E-state index contributed by atoms with van der Waals surface area (Å²) in [6, 6.07) is 81.2. The van der Waals surface area contributed by atoms with Crippen molar-refractivity contribution >= 4 is 48.6 Å². The van der Waals surface area contributed by atoms with E-state index in [0.29, 0.717) is 0 Å². The fraction of sp³-hybridized carbons (Fsp3) is 0. The van der Waals surface area contributed by atoms with Gasteiger partial charge in [0.2, 0.25) is 0 Å². The highest BCUT2D eigenvalue weighted by Gasteiger charge is 2.18. The summed E-state index contributed by atoms with van der Waals surface area (Å²) in [5.41, 5.74) is 15.4. The van der Waals surface area contributed by atoms with Crippen LogP contribution in [0.15, 0.2) is 224 Å². The number of hydrogen-bond acceptors (Lipinski definition) is 2. The molecule has 1 aromatic heterocycles. The van der Waals surface area contributed by atoms with E-state index in [0.717, 1.165) is 17.1 Å². The third-order valence-electron chi connectivity index (χ3n) is 10.7. The molecule has 0 radical (unpaired) electrons. The Kier molecular flexibility index (Phi) is 8.79. The van der Waals surface area contributed by atoms with Gasteiger partial charge >= 0.3 is 0 Å². The summed E-state index contributed by atoms with van der Waals surface area (Å²) in [6.45, 7) is 0. The van der Waals surface area contributed by atoms with Crippen molar-refractivity contribution in [1.29, 1.82) is 0 Å². The molecule has 0 aliphatic rings. The van der Waals surface area contributed by atoms with Gasteiger partial charge in [0.1, 0.15) is 0 Å². The van der Waals surface area contributed by atoms with Gasteiger partial charge in [0.15, 0.2) is 0 Å². The van der Waals surface area contributed by atoms with Crippen LogP contribution in [0.2, 0.25) is 0 Å². The Morgan fingerprint density at radius 1 is 0.268 bits per heavy atom. The van der Waals surface area contributed by atoms with E-state index in [-0.39, 0.29) is 0 Å². The third-order valence-corrected chi connectivity index (χ3v) is 11.9. The van der Waals surface area contributed by atoms with E-state index in [1.165, 1.54) is 75.8 Å². The molecule has 0 N–H and O–H groups in total. The van der Waals surface area contributed by atoms with Gasteiger partial charge in [0, 0.05) is 42.8 Å². The molecule has 1 nitrogen and oxygen atoms in total. The highest BCUT2D eigenvalue weighted by molar-refractivity contribution is 7.26. The van der Waals surface area contributed by atoms with Gasteiger partial charge in [0.25, 0.3) is 0 Å². The summed E-state index contributed by atoms with van der Waals surface area (Å²) in [5.74, 6) is 0. The lowest BCUT2D eigenvalue weighted by Crippen LogP contribution is -2.10. The van der Waals surface area contributed by atoms with Gasteiger partial charge in [-0.3, -0.25) is 0 Å². The topological polar surface area (TPSA) is 3.24 Å². The number of fused-ring (bicyclic) bond motifs is 3. The quantitative estimate of drug-likeness (QED) is 0.150. The van der Waals surface area contributed by atoms with Crippen LogP contribution in [0, 0.1) is 0 Å². The molecule has 0 unspecified atom stereocenters. The highest BCUT2D eigenvalue weighted by Crippen LogP contribution is 2.44. The molecule has 0 atom stereocenters. The highest BCUT2D eigenvalue weighted by atomic mass is 32.1. The number of benzene rings is 9. The minimum absolute atomic E-state index is 1.09. The third kappa shape index (κ3) is 6.26. The standard InChI is InChI=1S/C54H37NS/c1-4-15-38(16-5-1)39-27-31-43(32-28-39)55(45-35-36-47(40-17-6-2-7-18-40)52(37-45)41-19-8-3-9-20-41)44-33-29-42(30-34-44)46-21-10-11-22-48(46)50-24-14-25-51-49-23-12-13-26-53(49)56-54(50)51/h1-37H. The van der Waals surface area contributed by atoms with Crippen LogP contribution in [0.3, 0.4) is 0 Å². The predicted octanol–water partition coefficient (Wildman–Crippen LogP) is 15.9. The largest absolute Gasteiger partial charge is 0.310 e. The first-order valence-electron chi connectivity index (χ1n) is 19.1. The molecule has 0 fully saturated rings. The van der Waals surface area contributed by atoms with E-state index in [1.54, 1.807) is 0 Å². The maximum Gasteiger partial charge on any atom is 0.0468 e. The van der Waals surface area contributed by atoms with Gasteiger partial charge in [-0.05, 0) is 92.5 Å². The average molecular weight is 732 g/mol. The molecule has 10 rings (SSSR count). The lowest BCUT2D eigenvalue weighted by Gasteiger charge is -2.27. The molecule has 264 valence electrons. The average Bonchev–Trinajstić information content (AvgIpc) is 3.67. The molecule has 10 aromatic rings. The number of thiophene rings is 1. The first-order valence-corrected chi connectivity index (χ1v) is 19.9. The molecule has 0 saturated heterocycles. The Balaban J connectivity index is 1.09.